The smallest absolute Gasteiger partial charge is 0.251 e. The summed E-state index contributed by atoms with van der Waals surface area (Å²) in [6.45, 7) is 3.24. The molecule has 2 aromatic rings. The van der Waals surface area contributed by atoms with Gasteiger partial charge in [0.2, 0.25) is 0 Å². The Kier molecular flexibility index (Phi) is 5.40. The zero-order valence-corrected chi connectivity index (χ0v) is 12.2. The van der Waals surface area contributed by atoms with Gasteiger partial charge in [0.25, 0.3) is 5.91 Å². The van der Waals surface area contributed by atoms with E-state index >= 15 is 0 Å². The fourth-order valence-corrected chi connectivity index (χ4v) is 1.97. The van der Waals surface area contributed by atoms with Gasteiger partial charge in [-0.25, -0.2) is 0 Å². The molecule has 1 amide bonds. The van der Waals surface area contributed by atoms with Gasteiger partial charge in [-0.05, 0) is 37.3 Å². The molecule has 0 radical (unpaired) electrons. The molecule has 0 aliphatic heterocycles. The summed E-state index contributed by atoms with van der Waals surface area (Å²) in [6.07, 6.45) is 1.58. The molecule has 5 heteroatoms. The minimum atomic E-state index is -0.160. The maximum absolute atomic E-state index is 12.1. The number of rotatable bonds is 7. The lowest BCUT2D eigenvalue weighted by Crippen LogP contribution is -2.22. The predicted octanol–water partition coefficient (Wildman–Crippen LogP) is 2.75. The molecule has 0 spiro atoms. The first-order valence-electron chi connectivity index (χ1n) is 6.79. The Balaban J connectivity index is 2.07. The van der Waals surface area contributed by atoms with Crippen molar-refractivity contribution in [2.75, 3.05) is 13.7 Å². The summed E-state index contributed by atoms with van der Waals surface area (Å²) in [6, 6.07) is 8.91. The van der Waals surface area contributed by atoms with Crippen molar-refractivity contribution < 1.29 is 18.7 Å². The summed E-state index contributed by atoms with van der Waals surface area (Å²) in [5.74, 6) is 1.29. The van der Waals surface area contributed by atoms with E-state index in [0.29, 0.717) is 31.1 Å². The third-order valence-corrected chi connectivity index (χ3v) is 2.93. The van der Waals surface area contributed by atoms with E-state index in [9.17, 15) is 4.79 Å². The minimum absolute atomic E-state index is 0.160. The second-order valence-corrected chi connectivity index (χ2v) is 4.45. The number of amides is 1. The average molecular weight is 289 g/mol. The number of hydrogen-bond acceptors (Lipinski definition) is 4. The monoisotopic (exact) mass is 289 g/mol. The van der Waals surface area contributed by atoms with Crippen LogP contribution in [0.3, 0.4) is 0 Å². The maximum atomic E-state index is 12.1. The van der Waals surface area contributed by atoms with E-state index in [-0.39, 0.29) is 5.91 Å². The lowest BCUT2D eigenvalue weighted by molar-refractivity contribution is 0.0947. The van der Waals surface area contributed by atoms with Gasteiger partial charge in [0.1, 0.15) is 11.5 Å². The SMILES string of the molecule is CCOc1ccc(C(=O)NCc2ccco2)cc1COC. The van der Waals surface area contributed by atoms with Crippen LogP contribution in [0.5, 0.6) is 5.75 Å². The summed E-state index contributed by atoms with van der Waals surface area (Å²) < 4.78 is 15.8. The molecule has 0 aliphatic carbocycles. The number of methoxy groups -OCH3 is 1. The van der Waals surface area contributed by atoms with Gasteiger partial charge in [-0.2, -0.15) is 0 Å². The summed E-state index contributed by atoms with van der Waals surface area (Å²) in [7, 11) is 1.61. The molecule has 1 heterocycles. The molecule has 0 saturated carbocycles. The highest BCUT2D eigenvalue weighted by Crippen LogP contribution is 2.21. The fourth-order valence-electron chi connectivity index (χ4n) is 1.97. The molecule has 1 aromatic carbocycles. The standard InChI is InChI=1S/C16H19NO4/c1-3-20-15-7-6-12(9-13(15)11-19-2)16(18)17-10-14-5-4-8-21-14/h4-9H,3,10-11H2,1-2H3,(H,17,18). The highest BCUT2D eigenvalue weighted by Gasteiger charge is 2.11. The Labute approximate surface area is 123 Å². The van der Waals surface area contributed by atoms with Crippen molar-refractivity contribution in [2.24, 2.45) is 0 Å². The van der Waals surface area contributed by atoms with Crippen LogP contribution in [0, 0.1) is 0 Å². The molecule has 0 bridgehead atoms. The van der Waals surface area contributed by atoms with Crippen molar-refractivity contribution in [2.45, 2.75) is 20.1 Å². The number of benzene rings is 1. The summed E-state index contributed by atoms with van der Waals surface area (Å²) in [4.78, 5) is 12.1. The van der Waals surface area contributed by atoms with Crippen LogP contribution in [0.15, 0.2) is 41.0 Å². The van der Waals surface area contributed by atoms with Gasteiger partial charge in [0, 0.05) is 18.2 Å². The topological polar surface area (TPSA) is 60.7 Å². The molecule has 112 valence electrons. The summed E-state index contributed by atoms with van der Waals surface area (Å²) in [5.41, 5.74) is 1.42. The molecule has 0 atom stereocenters. The van der Waals surface area contributed by atoms with E-state index in [4.69, 9.17) is 13.9 Å². The number of carbonyl (C=O) groups is 1. The zero-order chi connectivity index (χ0) is 15.1. The van der Waals surface area contributed by atoms with Crippen LogP contribution in [-0.2, 0) is 17.9 Å². The van der Waals surface area contributed by atoms with Gasteiger partial charge >= 0.3 is 0 Å². The first-order chi connectivity index (χ1) is 10.2. The molecular formula is C16H19NO4. The van der Waals surface area contributed by atoms with Crippen LogP contribution in [-0.4, -0.2) is 19.6 Å². The Morgan fingerprint density at radius 3 is 2.86 bits per heavy atom. The van der Waals surface area contributed by atoms with Gasteiger partial charge < -0.3 is 19.2 Å². The average Bonchev–Trinajstić information content (AvgIpc) is 3.00. The van der Waals surface area contributed by atoms with Crippen molar-refractivity contribution in [3.63, 3.8) is 0 Å². The van der Waals surface area contributed by atoms with Gasteiger partial charge in [0.05, 0.1) is 26.0 Å². The van der Waals surface area contributed by atoms with Crippen LogP contribution in [0.4, 0.5) is 0 Å². The van der Waals surface area contributed by atoms with Gasteiger partial charge in [-0.15, -0.1) is 0 Å². The highest BCUT2D eigenvalue weighted by molar-refractivity contribution is 5.94. The van der Waals surface area contributed by atoms with Crippen molar-refractivity contribution in [1.29, 1.82) is 0 Å². The second kappa shape index (κ2) is 7.50. The second-order valence-electron chi connectivity index (χ2n) is 4.45. The van der Waals surface area contributed by atoms with Crippen molar-refractivity contribution in [1.82, 2.24) is 5.32 Å². The number of hydrogen-bond donors (Lipinski definition) is 1. The predicted molar refractivity (Wildman–Crippen MR) is 78.2 cm³/mol. The van der Waals surface area contributed by atoms with E-state index in [1.165, 1.54) is 0 Å². The third-order valence-electron chi connectivity index (χ3n) is 2.93. The Morgan fingerprint density at radius 1 is 1.33 bits per heavy atom. The zero-order valence-electron chi connectivity index (χ0n) is 12.2. The number of nitrogens with one attached hydrogen (secondary N) is 1. The van der Waals surface area contributed by atoms with Crippen LogP contribution in [0.25, 0.3) is 0 Å². The number of ether oxygens (including phenoxy) is 2. The summed E-state index contributed by atoms with van der Waals surface area (Å²) in [5, 5.41) is 2.81. The molecule has 1 aromatic heterocycles. The normalized spacial score (nSPS) is 10.4. The molecule has 5 nitrogen and oxygen atoms in total. The number of carbonyl (C=O) groups excluding carboxylic acids is 1. The molecule has 0 unspecified atom stereocenters. The summed E-state index contributed by atoms with van der Waals surface area (Å²) >= 11 is 0. The quantitative estimate of drug-likeness (QED) is 0.851. The first-order valence-corrected chi connectivity index (χ1v) is 6.79. The Bertz CT molecular complexity index is 578. The van der Waals surface area contributed by atoms with Gasteiger partial charge in [-0.3, -0.25) is 4.79 Å². The fraction of sp³-hybridized carbons (Fsp3) is 0.312. The van der Waals surface area contributed by atoms with Crippen LogP contribution in [0.1, 0.15) is 28.6 Å². The molecule has 21 heavy (non-hydrogen) atoms. The molecule has 2 rings (SSSR count). The van der Waals surface area contributed by atoms with Crippen molar-refractivity contribution in [3.8, 4) is 5.75 Å². The Hall–Kier alpha value is -2.27. The van der Waals surface area contributed by atoms with Crippen LogP contribution in [0.2, 0.25) is 0 Å². The van der Waals surface area contributed by atoms with Crippen LogP contribution < -0.4 is 10.1 Å². The van der Waals surface area contributed by atoms with E-state index in [2.05, 4.69) is 5.32 Å². The Morgan fingerprint density at radius 2 is 2.19 bits per heavy atom. The third kappa shape index (κ3) is 4.10. The molecule has 0 fully saturated rings. The number of furan rings is 1. The van der Waals surface area contributed by atoms with Crippen LogP contribution >= 0.6 is 0 Å². The lowest BCUT2D eigenvalue weighted by atomic mass is 10.1. The maximum Gasteiger partial charge on any atom is 0.251 e. The van der Waals surface area contributed by atoms with Crippen molar-refractivity contribution in [3.05, 3.63) is 53.5 Å². The van der Waals surface area contributed by atoms with E-state index in [1.54, 1.807) is 37.6 Å². The first kappa shape index (κ1) is 15.1. The van der Waals surface area contributed by atoms with Gasteiger partial charge in [0.15, 0.2) is 0 Å². The highest BCUT2D eigenvalue weighted by atomic mass is 16.5. The molecule has 0 saturated heterocycles. The molecule has 0 aliphatic rings. The largest absolute Gasteiger partial charge is 0.494 e. The van der Waals surface area contributed by atoms with E-state index in [0.717, 1.165) is 11.3 Å². The molecule has 1 N–H and O–H groups in total. The van der Waals surface area contributed by atoms with Gasteiger partial charge in [-0.1, -0.05) is 0 Å². The minimum Gasteiger partial charge on any atom is -0.494 e. The van der Waals surface area contributed by atoms with E-state index in [1.807, 2.05) is 13.0 Å². The van der Waals surface area contributed by atoms with Crippen molar-refractivity contribution >= 4 is 5.91 Å². The lowest BCUT2D eigenvalue weighted by Gasteiger charge is -2.11. The van der Waals surface area contributed by atoms with E-state index < -0.39 is 0 Å². The molecular weight excluding hydrogens is 270 g/mol.